The molecular formula is C9H12S2. The summed E-state index contributed by atoms with van der Waals surface area (Å²) in [5.41, 5.74) is 1.31. The minimum atomic E-state index is 0.930. The molecule has 0 fully saturated rings. The fourth-order valence-corrected chi connectivity index (χ4v) is 1.67. The molecule has 1 aromatic heterocycles. The summed E-state index contributed by atoms with van der Waals surface area (Å²) in [4.78, 5) is 1.37. The van der Waals surface area contributed by atoms with Gasteiger partial charge in [0.15, 0.2) is 0 Å². The van der Waals surface area contributed by atoms with E-state index in [0.717, 1.165) is 12.2 Å². The number of hydrogen-bond acceptors (Lipinski definition) is 2. The van der Waals surface area contributed by atoms with Gasteiger partial charge >= 0.3 is 0 Å². The highest BCUT2D eigenvalue weighted by Crippen LogP contribution is 2.14. The average Bonchev–Trinajstić information content (AvgIpc) is 2.37. The van der Waals surface area contributed by atoms with Crippen LogP contribution in [0, 0.1) is 6.92 Å². The molecule has 0 N–H and O–H groups in total. The van der Waals surface area contributed by atoms with Crippen LogP contribution in [0.5, 0.6) is 0 Å². The smallest absolute Gasteiger partial charge is 0.00203 e. The highest BCUT2D eigenvalue weighted by atomic mass is 32.1. The van der Waals surface area contributed by atoms with Gasteiger partial charge in [0, 0.05) is 4.88 Å². The summed E-state index contributed by atoms with van der Waals surface area (Å²) in [5.74, 6) is 0.930. The van der Waals surface area contributed by atoms with Crippen molar-refractivity contribution in [2.24, 2.45) is 0 Å². The molecule has 0 nitrogen and oxygen atoms in total. The van der Waals surface area contributed by atoms with E-state index in [9.17, 15) is 0 Å². The van der Waals surface area contributed by atoms with E-state index < -0.39 is 0 Å². The molecule has 1 heterocycles. The second kappa shape index (κ2) is 4.62. The van der Waals surface area contributed by atoms with E-state index in [0.29, 0.717) is 0 Å². The largest absolute Gasteiger partial charge is 0.179 e. The highest BCUT2D eigenvalue weighted by Gasteiger charge is 1.88. The predicted octanol–water partition coefficient (Wildman–Crippen LogP) is 3.39. The second-order valence-corrected chi connectivity index (χ2v) is 3.97. The molecule has 0 aliphatic rings. The van der Waals surface area contributed by atoms with Crippen LogP contribution < -0.4 is 0 Å². The van der Waals surface area contributed by atoms with Gasteiger partial charge in [-0.05, 0) is 36.1 Å². The van der Waals surface area contributed by atoms with Crippen molar-refractivity contribution in [1.82, 2.24) is 0 Å². The zero-order chi connectivity index (χ0) is 8.10. The van der Waals surface area contributed by atoms with Crippen molar-refractivity contribution < 1.29 is 0 Å². The molecule has 2 heteroatoms. The Labute approximate surface area is 77.4 Å². The molecule has 0 spiro atoms. The highest BCUT2D eigenvalue weighted by molar-refractivity contribution is 7.80. The Hall–Kier alpha value is -0.210. The van der Waals surface area contributed by atoms with Crippen LogP contribution in [0.4, 0.5) is 0 Å². The van der Waals surface area contributed by atoms with Gasteiger partial charge in [-0.15, -0.1) is 11.3 Å². The molecule has 0 amide bonds. The maximum atomic E-state index is 4.12. The molecule has 0 unspecified atom stereocenters. The molecule has 0 saturated carbocycles. The molecular weight excluding hydrogens is 172 g/mol. The summed E-state index contributed by atoms with van der Waals surface area (Å²) in [6.45, 7) is 2.13. The van der Waals surface area contributed by atoms with Gasteiger partial charge in [0.05, 0.1) is 0 Å². The van der Waals surface area contributed by atoms with Crippen LogP contribution in [-0.4, -0.2) is 5.75 Å². The van der Waals surface area contributed by atoms with Crippen molar-refractivity contribution in [3.63, 3.8) is 0 Å². The number of rotatable bonds is 3. The molecule has 60 valence electrons. The molecule has 0 aromatic carbocycles. The Morgan fingerprint density at radius 2 is 2.45 bits per heavy atom. The number of hydrogen-bond donors (Lipinski definition) is 1. The van der Waals surface area contributed by atoms with E-state index in [1.807, 2.05) is 0 Å². The van der Waals surface area contributed by atoms with Crippen LogP contribution in [0.1, 0.15) is 16.9 Å². The number of allylic oxidation sites excluding steroid dienone is 1. The van der Waals surface area contributed by atoms with Crippen molar-refractivity contribution in [3.8, 4) is 0 Å². The quantitative estimate of drug-likeness (QED) is 0.684. The lowest BCUT2D eigenvalue weighted by molar-refractivity contribution is 1.26. The number of thiophene rings is 1. The van der Waals surface area contributed by atoms with Gasteiger partial charge in [-0.1, -0.05) is 12.2 Å². The average molecular weight is 184 g/mol. The summed E-state index contributed by atoms with van der Waals surface area (Å²) in [6, 6.07) is 2.19. The van der Waals surface area contributed by atoms with Crippen LogP contribution in [0.3, 0.4) is 0 Å². The Morgan fingerprint density at radius 1 is 1.64 bits per heavy atom. The van der Waals surface area contributed by atoms with E-state index in [-0.39, 0.29) is 0 Å². The molecule has 0 radical (unpaired) electrons. The van der Waals surface area contributed by atoms with E-state index in [1.54, 1.807) is 11.3 Å². The third-order valence-electron chi connectivity index (χ3n) is 1.36. The van der Waals surface area contributed by atoms with Crippen LogP contribution in [0.2, 0.25) is 0 Å². The topological polar surface area (TPSA) is 0 Å². The molecule has 0 aliphatic heterocycles. The minimum absolute atomic E-state index is 0.930. The first-order valence-corrected chi connectivity index (χ1v) is 5.16. The summed E-state index contributed by atoms with van der Waals surface area (Å²) in [6.07, 6.45) is 5.37. The molecule has 0 bridgehead atoms. The van der Waals surface area contributed by atoms with Gasteiger partial charge in [-0.3, -0.25) is 0 Å². The maximum absolute atomic E-state index is 4.12. The molecule has 11 heavy (non-hydrogen) atoms. The summed E-state index contributed by atoms with van der Waals surface area (Å²) in [7, 11) is 0. The molecule has 1 rings (SSSR count). The lowest BCUT2D eigenvalue weighted by Crippen LogP contribution is -1.66. The Kier molecular flexibility index (Phi) is 3.73. The van der Waals surface area contributed by atoms with E-state index >= 15 is 0 Å². The van der Waals surface area contributed by atoms with Crippen molar-refractivity contribution >= 4 is 30.0 Å². The van der Waals surface area contributed by atoms with Crippen molar-refractivity contribution in [2.45, 2.75) is 13.3 Å². The Balaban J connectivity index is 2.50. The zero-order valence-corrected chi connectivity index (χ0v) is 8.29. The molecule has 0 aliphatic carbocycles. The number of aryl methyl sites for hydroxylation is 1. The van der Waals surface area contributed by atoms with Crippen LogP contribution in [0.25, 0.3) is 6.08 Å². The van der Waals surface area contributed by atoms with E-state index in [1.165, 1.54) is 10.4 Å². The Morgan fingerprint density at radius 3 is 3.00 bits per heavy atom. The lowest BCUT2D eigenvalue weighted by atomic mass is 10.3. The molecule has 0 saturated heterocycles. The van der Waals surface area contributed by atoms with Gasteiger partial charge < -0.3 is 0 Å². The first-order chi connectivity index (χ1) is 5.33. The summed E-state index contributed by atoms with van der Waals surface area (Å²) in [5, 5.41) is 2.17. The predicted molar refractivity (Wildman–Crippen MR) is 56.6 cm³/mol. The van der Waals surface area contributed by atoms with Crippen LogP contribution >= 0.6 is 24.0 Å². The fraction of sp³-hybridized carbons (Fsp3) is 0.333. The monoisotopic (exact) mass is 184 g/mol. The van der Waals surface area contributed by atoms with Crippen LogP contribution in [-0.2, 0) is 0 Å². The standard InChI is InChI=1S/C9H12S2/c1-8-6-9(7-11-8)4-2-3-5-10/h2,4,6-7,10H,3,5H2,1H3. The molecule has 1 aromatic rings. The SMILES string of the molecule is Cc1cc(C=CCCS)cs1. The minimum Gasteiger partial charge on any atom is -0.179 e. The van der Waals surface area contributed by atoms with Gasteiger partial charge in [0.25, 0.3) is 0 Å². The summed E-state index contributed by atoms with van der Waals surface area (Å²) < 4.78 is 0. The van der Waals surface area contributed by atoms with Crippen LogP contribution in [0.15, 0.2) is 17.5 Å². The zero-order valence-electron chi connectivity index (χ0n) is 6.58. The third kappa shape index (κ3) is 3.12. The van der Waals surface area contributed by atoms with E-state index in [4.69, 9.17) is 0 Å². The second-order valence-electron chi connectivity index (χ2n) is 2.41. The first kappa shape index (κ1) is 8.88. The third-order valence-corrected chi connectivity index (χ3v) is 2.49. The lowest BCUT2D eigenvalue weighted by Gasteiger charge is -1.83. The normalized spacial score (nSPS) is 11.1. The van der Waals surface area contributed by atoms with Crippen molar-refractivity contribution in [1.29, 1.82) is 0 Å². The Bertz CT molecular complexity index is 235. The molecule has 0 atom stereocenters. The van der Waals surface area contributed by atoms with Gasteiger partial charge in [0.2, 0.25) is 0 Å². The van der Waals surface area contributed by atoms with Crippen molar-refractivity contribution in [2.75, 3.05) is 5.75 Å². The van der Waals surface area contributed by atoms with Gasteiger partial charge in [-0.25, -0.2) is 0 Å². The fourth-order valence-electron chi connectivity index (χ4n) is 0.845. The maximum Gasteiger partial charge on any atom is 0.00203 e. The van der Waals surface area contributed by atoms with E-state index in [2.05, 4.69) is 43.2 Å². The van der Waals surface area contributed by atoms with Gasteiger partial charge in [0.1, 0.15) is 0 Å². The first-order valence-electron chi connectivity index (χ1n) is 3.65. The van der Waals surface area contributed by atoms with Crippen molar-refractivity contribution in [3.05, 3.63) is 28.0 Å². The number of thiol groups is 1. The van der Waals surface area contributed by atoms with Gasteiger partial charge in [-0.2, -0.15) is 12.6 Å². The summed E-state index contributed by atoms with van der Waals surface area (Å²) >= 11 is 5.92.